The molecule has 6 heteroatoms. The van der Waals surface area contributed by atoms with Gasteiger partial charge in [-0.1, -0.05) is 26.0 Å². The number of aromatic hydroxyl groups is 1. The third-order valence-corrected chi connectivity index (χ3v) is 5.63. The van der Waals surface area contributed by atoms with Crippen LogP contribution in [0.2, 0.25) is 0 Å². The van der Waals surface area contributed by atoms with Gasteiger partial charge in [-0.15, -0.1) is 0 Å². The zero-order valence-electron chi connectivity index (χ0n) is 18.0. The summed E-state index contributed by atoms with van der Waals surface area (Å²) in [6, 6.07) is 12.1. The molecule has 2 heterocycles. The molecule has 0 atom stereocenters. The van der Waals surface area contributed by atoms with Crippen LogP contribution in [0, 0.1) is 11.6 Å². The highest BCUT2D eigenvalue weighted by atomic mass is 19.1. The van der Waals surface area contributed by atoms with Crippen LogP contribution in [0.1, 0.15) is 48.4 Å². The highest BCUT2D eigenvalue weighted by Crippen LogP contribution is 2.39. The predicted octanol–water partition coefficient (Wildman–Crippen LogP) is 6.28. The Bertz CT molecular complexity index is 1310. The Balaban J connectivity index is 2.06. The fourth-order valence-corrected chi connectivity index (χ4v) is 4.18. The molecule has 2 aromatic heterocycles. The first-order chi connectivity index (χ1) is 15.4. The average molecular weight is 434 g/mol. The number of carbonyl (C=O) groups is 1. The molecule has 4 rings (SSSR count). The van der Waals surface area contributed by atoms with E-state index >= 15 is 0 Å². The summed E-state index contributed by atoms with van der Waals surface area (Å²) in [6.45, 7) is 3.97. The molecule has 0 saturated heterocycles. The van der Waals surface area contributed by atoms with Crippen LogP contribution in [0.25, 0.3) is 22.0 Å². The molecule has 0 aliphatic carbocycles. The van der Waals surface area contributed by atoms with Crippen molar-refractivity contribution in [3.63, 3.8) is 0 Å². The Labute approximate surface area is 185 Å². The SMILES string of the molecule is CCCC(=O)c1c(-c2cccnc2CC)c2cc(O)ccc2n1Cc1ccc(F)cc1F. The van der Waals surface area contributed by atoms with Crippen LogP contribution < -0.4 is 0 Å². The second kappa shape index (κ2) is 8.91. The van der Waals surface area contributed by atoms with E-state index < -0.39 is 11.6 Å². The summed E-state index contributed by atoms with van der Waals surface area (Å²) in [5.74, 6) is -1.33. The topological polar surface area (TPSA) is 55.1 Å². The van der Waals surface area contributed by atoms with E-state index in [4.69, 9.17) is 0 Å². The van der Waals surface area contributed by atoms with Crippen molar-refractivity contribution in [3.05, 3.63) is 83.3 Å². The zero-order valence-corrected chi connectivity index (χ0v) is 18.0. The Hall–Kier alpha value is -3.54. The number of nitrogens with zero attached hydrogens (tertiary/aromatic N) is 2. The fourth-order valence-electron chi connectivity index (χ4n) is 4.18. The van der Waals surface area contributed by atoms with Gasteiger partial charge in [-0.3, -0.25) is 9.78 Å². The van der Waals surface area contributed by atoms with Gasteiger partial charge in [0.15, 0.2) is 5.78 Å². The van der Waals surface area contributed by atoms with E-state index in [2.05, 4.69) is 4.98 Å². The lowest BCUT2D eigenvalue weighted by Crippen LogP contribution is -2.12. The molecule has 4 aromatic rings. The predicted molar refractivity (Wildman–Crippen MR) is 121 cm³/mol. The van der Waals surface area contributed by atoms with Crippen LogP contribution in [0.3, 0.4) is 0 Å². The smallest absolute Gasteiger partial charge is 0.179 e. The molecule has 1 N–H and O–H groups in total. The van der Waals surface area contributed by atoms with Crippen molar-refractivity contribution < 1.29 is 18.7 Å². The normalized spacial score (nSPS) is 11.2. The van der Waals surface area contributed by atoms with Gasteiger partial charge in [0.2, 0.25) is 0 Å². The minimum atomic E-state index is -0.670. The van der Waals surface area contributed by atoms with Gasteiger partial charge in [0, 0.05) is 52.0 Å². The van der Waals surface area contributed by atoms with E-state index in [1.54, 1.807) is 29.0 Å². The van der Waals surface area contributed by atoms with Gasteiger partial charge >= 0.3 is 0 Å². The van der Waals surface area contributed by atoms with Crippen molar-refractivity contribution >= 4 is 16.7 Å². The molecule has 32 heavy (non-hydrogen) atoms. The van der Waals surface area contributed by atoms with E-state index in [1.165, 1.54) is 12.1 Å². The third kappa shape index (κ3) is 3.88. The van der Waals surface area contributed by atoms with Crippen molar-refractivity contribution in [1.29, 1.82) is 0 Å². The highest BCUT2D eigenvalue weighted by molar-refractivity contribution is 6.11. The zero-order chi connectivity index (χ0) is 22.8. The van der Waals surface area contributed by atoms with Gasteiger partial charge in [0.25, 0.3) is 0 Å². The molecule has 0 aliphatic rings. The molecule has 164 valence electrons. The van der Waals surface area contributed by atoms with E-state index in [0.29, 0.717) is 41.4 Å². The first-order valence-corrected chi connectivity index (χ1v) is 10.7. The largest absolute Gasteiger partial charge is 0.508 e. The van der Waals surface area contributed by atoms with Crippen molar-refractivity contribution in [2.45, 2.75) is 39.7 Å². The number of aryl methyl sites for hydroxylation is 1. The van der Waals surface area contributed by atoms with Crippen molar-refractivity contribution in [2.75, 3.05) is 0 Å². The van der Waals surface area contributed by atoms with Crippen LogP contribution in [-0.4, -0.2) is 20.4 Å². The first-order valence-electron chi connectivity index (χ1n) is 10.7. The van der Waals surface area contributed by atoms with Crippen LogP contribution in [0.4, 0.5) is 8.78 Å². The Kier molecular flexibility index (Phi) is 6.04. The summed E-state index contributed by atoms with van der Waals surface area (Å²) in [4.78, 5) is 17.9. The molecule has 4 nitrogen and oxygen atoms in total. The number of ketones is 1. The molecule has 0 radical (unpaired) electrons. The van der Waals surface area contributed by atoms with E-state index in [1.807, 2.05) is 26.0 Å². The summed E-state index contributed by atoms with van der Waals surface area (Å²) in [6.07, 6.45) is 3.35. The third-order valence-electron chi connectivity index (χ3n) is 5.63. The standard InChI is InChI=1S/C26H24F2N2O2/c1-3-6-24(32)26-25(19-7-5-12-29-22(19)4-2)20-14-18(31)10-11-23(20)30(26)15-16-8-9-17(27)13-21(16)28/h5,7-14,31H,3-4,6,15H2,1-2H3. The molecular weight excluding hydrogens is 410 g/mol. The maximum Gasteiger partial charge on any atom is 0.179 e. The van der Waals surface area contributed by atoms with Crippen molar-refractivity contribution in [1.82, 2.24) is 9.55 Å². The molecule has 0 saturated carbocycles. The maximum atomic E-state index is 14.5. The molecule has 2 aromatic carbocycles. The molecule has 0 unspecified atom stereocenters. The summed E-state index contributed by atoms with van der Waals surface area (Å²) in [5.41, 5.74) is 3.72. The fraction of sp³-hybridized carbons (Fsp3) is 0.231. The highest BCUT2D eigenvalue weighted by Gasteiger charge is 2.26. The second-order valence-corrected chi connectivity index (χ2v) is 7.77. The average Bonchev–Trinajstić information content (AvgIpc) is 3.08. The van der Waals surface area contributed by atoms with E-state index in [9.17, 15) is 18.7 Å². The summed E-state index contributed by atoms with van der Waals surface area (Å²) < 4.78 is 29.8. The van der Waals surface area contributed by atoms with Crippen molar-refractivity contribution in [3.8, 4) is 16.9 Å². The number of phenolic OH excluding ortho intramolecular Hbond substituents is 1. The number of hydrogen-bond donors (Lipinski definition) is 1. The Morgan fingerprint density at radius 3 is 2.62 bits per heavy atom. The van der Waals surface area contributed by atoms with E-state index in [-0.39, 0.29) is 23.6 Å². The van der Waals surface area contributed by atoms with Crippen molar-refractivity contribution in [2.24, 2.45) is 0 Å². The molecule has 0 bridgehead atoms. The molecule has 0 fully saturated rings. The number of fused-ring (bicyclic) bond motifs is 1. The Morgan fingerprint density at radius 1 is 1.09 bits per heavy atom. The van der Waals surface area contributed by atoms with Gasteiger partial charge in [0.1, 0.15) is 17.4 Å². The lowest BCUT2D eigenvalue weighted by molar-refractivity contribution is 0.0974. The minimum absolute atomic E-state index is 0.0555. The van der Waals surface area contributed by atoms with Crippen LogP contribution >= 0.6 is 0 Å². The monoisotopic (exact) mass is 434 g/mol. The van der Waals surface area contributed by atoms with Gasteiger partial charge in [-0.2, -0.15) is 0 Å². The molecule has 0 spiro atoms. The lowest BCUT2D eigenvalue weighted by Gasteiger charge is -2.13. The van der Waals surface area contributed by atoms with Gasteiger partial charge in [0.05, 0.1) is 12.2 Å². The number of halogens is 2. The number of rotatable bonds is 7. The minimum Gasteiger partial charge on any atom is -0.508 e. The van der Waals surface area contributed by atoms with Gasteiger partial charge < -0.3 is 9.67 Å². The van der Waals surface area contributed by atoms with Crippen LogP contribution in [0.15, 0.2) is 54.7 Å². The summed E-state index contributed by atoms with van der Waals surface area (Å²) in [7, 11) is 0. The number of phenols is 1. The van der Waals surface area contributed by atoms with Crippen LogP contribution in [-0.2, 0) is 13.0 Å². The number of Topliss-reactive ketones (excluding diaryl/α,β-unsaturated/α-hetero) is 1. The second-order valence-electron chi connectivity index (χ2n) is 7.77. The number of pyridine rings is 1. The molecular formula is C26H24F2N2O2. The van der Waals surface area contributed by atoms with Gasteiger partial charge in [-0.25, -0.2) is 8.78 Å². The number of aromatic nitrogens is 2. The van der Waals surface area contributed by atoms with Gasteiger partial charge in [-0.05, 0) is 43.2 Å². The number of carbonyl (C=O) groups excluding carboxylic acids is 1. The van der Waals surface area contributed by atoms with Crippen LogP contribution in [0.5, 0.6) is 5.75 Å². The maximum absolute atomic E-state index is 14.5. The molecule has 0 amide bonds. The Morgan fingerprint density at radius 2 is 1.91 bits per heavy atom. The van der Waals surface area contributed by atoms with E-state index in [0.717, 1.165) is 17.3 Å². The summed E-state index contributed by atoms with van der Waals surface area (Å²) >= 11 is 0. The lowest BCUT2D eigenvalue weighted by atomic mass is 9.96. The number of benzene rings is 2. The summed E-state index contributed by atoms with van der Waals surface area (Å²) in [5, 5.41) is 10.9. The molecule has 0 aliphatic heterocycles. The quantitative estimate of drug-likeness (QED) is 0.348. The number of hydrogen-bond acceptors (Lipinski definition) is 3. The first kappa shape index (κ1) is 21.7.